The molecule has 3 N–H and O–H groups in total. The van der Waals surface area contributed by atoms with Crippen LogP contribution in [0.1, 0.15) is 0 Å². The van der Waals surface area contributed by atoms with Gasteiger partial charge in [0.25, 0.3) is 10.2 Å². The molecule has 0 aromatic heterocycles. The Kier molecular flexibility index (Phi) is 2.74. The standard InChI is InChI=1S/C7H10N2O3S/c1-12-7-5-3-2-4-6(7)9-13(8,10)11/h2-5,9H,1H3,(H2,8,10,11). The third kappa shape index (κ3) is 2.92. The lowest BCUT2D eigenvalue weighted by Crippen LogP contribution is -2.21. The number of benzene rings is 1. The van der Waals surface area contributed by atoms with E-state index in [1.807, 2.05) is 0 Å². The van der Waals surface area contributed by atoms with Crippen LogP contribution in [0.25, 0.3) is 0 Å². The van der Waals surface area contributed by atoms with Crippen molar-refractivity contribution in [2.45, 2.75) is 0 Å². The third-order valence-electron chi connectivity index (χ3n) is 1.36. The van der Waals surface area contributed by atoms with Gasteiger partial charge in [-0.25, -0.2) is 5.14 Å². The number of methoxy groups -OCH3 is 1. The maximum Gasteiger partial charge on any atom is 0.296 e. The molecule has 1 aromatic rings. The fraction of sp³-hybridized carbons (Fsp3) is 0.143. The van der Waals surface area contributed by atoms with Crippen LogP contribution in [0.4, 0.5) is 5.69 Å². The van der Waals surface area contributed by atoms with Crippen LogP contribution in [0.15, 0.2) is 24.3 Å². The summed E-state index contributed by atoms with van der Waals surface area (Å²) in [5.41, 5.74) is 0.326. The Balaban J connectivity index is 3.01. The van der Waals surface area contributed by atoms with Crippen molar-refractivity contribution < 1.29 is 13.2 Å². The summed E-state index contributed by atoms with van der Waals surface area (Å²) < 4.78 is 28.4. The predicted molar refractivity (Wildman–Crippen MR) is 49.7 cm³/mol. The summed E-state index contributed by atoms with van der Waals surface area (Å²) in [5, 5.41) is 4.80. The van der Waals surface area contributed by atoms with Gasteiger partial charge in [-0.2, -0.15) is 8.42 Å². The molecule has 6 heteroatoms. The van der Waals surface area contributed by atoms with E-state index in [0.717, 1.165) is 0 Å². The average Bonchev–Trinajstić information content (AvgIpc) is 2.02. The molecule has 0 atom stereocenters. The lowest BCUT2D eigenvalue weighted by Gasteiger charge is -2.07. The zero-order valence-corrected chi connectivity index (χ0v) is 7.84. The number of rotatable bonds is 3. The molecule has 0 fully saturated rings. The molecule has 0 bridgehead atoms. The van der Waals surface area contributed by atoms with Gasteiger partial charge >= 0.3 is 0 Å². The second-order valence-electron chi connectivity index (χ2n) is 2.35. The Labute approximate surface area is 76.7 Å². The smallest absolute Gasteiger partial charge is 0.296 e. The van der Waals surface area contributed by atoms with E-state index in [0.29, 0.717) is 11.4 Å². The number of hydrogen-bond donors (Lipinski definition) is 2. The molecular weight excluding hydrogens is 192 g/mol. The SMILES string of the molecule is COc1ccccc1NS(N)(=O)=O. The van der Waals surface area contributed by atoms with Crippen LogP contribution in [-0.4, -0.2) is 15.5 Å². The van der Waals surface area contributed by atoms with E-state index in [9.17, 15) is 8.42 Å². The van der Waals surface area contributed by atoms with Gasteiger partial charge in [0.2, 0.25) is 0 Å². The molecule has 0 heterocycles. The van der Waals surface area contributed by atoms with E-state index in [2.05, 4.69) is 4.72 Å². The van der Waals surface area contributed by atoms with Crippen LogP contribution in [0.5, 0.6) is 5.75 Å². The van der Waals surface area contributed by atoms with Crippen LogP contribution in [0.2, 0.25) is 0 Å². The van der Waals surface area contributed by atoms with Crippen molar-refractivity contribution in [1.82, 2.24) is 0 Å². The third-order valence-corrected chi connectivity index (χ3v) is 1.86. The van der Waals surface area contributed by atoms with E-state index in [1.54, 1.807) is 24.3 Å². The molecule has 0 amide bonds. The van der Waals surface area contributed by atoms with E-state index in [4.69, 9.17) is 9.88 Å². The van der Waals surface area contributed by atoms with Crippen molar-refractivity contribution in [2.75, 3.05) is 11.8 Å². The van der Waals surface area contributed by atoms with Gasteiger partial charge in [0.15, 0.2) is 0 Å². The Morgan fingerprint density at radius 1 is 1.38 bits per heavy atom. The van der Waals surface area contributed by atoms with Gasteiger partial charge in [0.1, 0.15) is 5.75 Å². The summed E-state index contributed by atoms with van der Waals surface area (Å²) in [7, 11) is -2.29. The molecule has 0 aliphatic heterocycles. The van der Waals surface area contributed by atoms with Crippen LogP contribution in [-0.2, 0) is 10.2 Å². The quantitative estimate of drug-likeness (QED) is 0.740. The van der Waals surface area contributed by atoms with Gasteiger partial charge in [-0.05, 0) is 12.1 Å². The topological polar surface area (TPSA) is 81.4 Å². The second kappa shape index (κ2) is 3.63. The first-order valence-corrected chi connectivity index (χ1v) is 5.01. The highest BCUT2D eigenvalue weighted by Crippen LogP contribution is 2.23. The first-order chi connectivity index (χ1) is 6.03. The van der Waals surface area contributed by atoms with Crippen LogP contribution in [0.3, 0.4) is 0 Å². The number of anilines is 1. The molecule has 5 nitrogen and oxygen atoms in total. The highest BCUT2D eigenvalue weighted by molar-refractivity contribution is 7.90. The minimum atomic E-state index is -3.74. The molecule has 0 unspecified atom stereocenters. The minimum Gasteiger partial charge on any atom is -0.495 e. The lowest BCUT2D eigenvalue weighted by atomic mass is 10.3. The molecule has 0 saturated carbocycles. The molecule has 1 aromatic carbocycles. The van der Waals surface area contributed by atoms with Crippen molar-refractivity contribution in [3.63, 3.8) is 0 Å². The van der Waals surface area contributed by atoms with E-state index in [-0.39, 0.29) is 0 Å². The largest absolute Gasteiger partial charge is 0.495 e. The maximum atomic E-state index is 10.7. The summed E-state index contributed by atoms with van der Waals surface area (Å²) in [4.78, 5) is 0. The van der Waals surface area contributed by atoms with Gasteiger partial charge in [0.05, 0.1) is 12.8 Å². The van der Waals surface area contributed by atoms with Crippen molar-refractivity contribution in [2.24, 2.45) is 5.14 Å². The highest BCUT2D eigenvalue weighted by atomic mass is 32.2. The Morgan fingerprint density at radius 3 is 2.54 bits per heavy atom. The normalized spacial score (nSPS) is 10.9. The summed E-state index contributed by atoms with van der Waals surface area (Å²) in [6.07, 6.45) is 0. The maximum absolute atomic E-state index is 10.7. The molecule has 0 spiro atoms. The van der Waals surface area contributed by atoms with Gasteiger partial charge < -0.3 is 4.74 Å². The fourth-order valence-corrected chi connectivity index (χ4v) is 1.36. The van der Waals surface area contributed by atoms with Crippen LogP contribution >= 0.6 is 0 Å². The zero-order chi connectivity index (χ0) is 9.90. The van der Waals surface area contributed by atoms with Gasteiger partial charge in [0, 0.05) is 0 Å². The molecule has 0 aliphatic carbocycles. The van der Waals surface area contributed by atoms with E-state index in [1.165, 1.54) is 7.11 Å². The second-order valence-corrected chi connectivity index (χ2v) is 3.64. The molecule has 72 valence electrons. The molecule has 13 heavy (non-hydrogen) atoms. The molecule has 0 saturated heterocycles. The Morgan fingerprint density at radius 2 is 2.00 bits per heavy atom. The predicted octanol–water partition coefficient (Wildman–Crippen LogP) is 0.311. The molecule has 0 radical (unpaired) electrons. The molecular formula is C7H10N2O3S. The number of nitrogens with one attached hydrogen (secondary N) is 1. The van der Waals surface area contributed by atoms with Gasteiger partial charge in [-0.15, -0.1) is 0 Å². The average molecular weight is 202 g/mol. The van der Waals surface area contributed by atoms with Crippen LogP contribution in [0, 0.1) is 0 Å². The number of para-hydroxylation sites is 2. The monoisotopic (exact) mass is 202 g/mol. The molecule has 1 rings (SSSR count). The summed E-state index contributed by atoms with van der Waals surface area (Å²) in [6, 6.07) is 6.60. The Bertz CT molecular complexity index is 388. The fourth-order valence-electron chi connectivity index (χ4n) is 0.882. The van der Waals surface area contributed by atoms with Crippen LogP contribution < -0.4 is 14.6 Å². The summed E-state index contributed by atoms with van der Waals surface area (Å²) >= 11 is 0. The first kappa shape index (κ1) is 9.82. The summed E-state index contributed by atoms with van der Waals surface area (Å²) in [5.74, 6) is 0.427. The number of nitrogens with two attached hydrogens (primary N) is 1. The summed E-state index contributed by atoms with van der Waals surface area (Å²) in [6.45, 7) is 0. The number of hydrogen-bond acceptors (Lipinski definition) is 3. The Hall–Kier alpha value is -1.27. The first-order valence-electron chi connectivity index (χ1n) is 3.46. The van der Waals surface area contributed by atoms with Gasteiger partial charge in [-0.3, -0.25) is 4.72 Å². The number of ether oxygens (including phenoxy) is 1. The van der Waals surface area contributed by atoms with E-state index >= 15 is 0 Å². The van der Waals surface area contributed by atoms with Crippen molar-refractivity contribution in [3.05, 3.63) is 24.3 Å². The van der Waals surface area contributed by atoms with Crippen molar-refractivity contribution in [1.29, 1.82) is 0 Å². The van der Waals surface area contributed by atoms with E-state index < -0.39 is 10.2 Å². The van der Waals surface area contributed by atoms with Crippen molar-refractivity contribution >= 4 is 15.9 Å². The van der Waals surface area contributed by atoms with Crippen molar-refractivity contribution in [3.8, 4) is 5.75 Å². The van der Waals surface area contributed by atoms with Gasteiger partial charge in [-0.1, -0.05) is 12.1 Å². The zero-order valence-electron chi connectivity index (χ0n) is 7.02. The minimum absolute atomic E-state index is 0.326. The molecule has 0 aliphatic rings. The lowest BCUT2D eigenvalue weighted by molar-refractivity contribution is 0.417. The highest BCUT2D eigenvalue weighted by Gasteiger charge is 2.06.